The van der Waals surface area contributed by atoms with Gasteiger partial charge in [-0.3, -0.25) is 9.59 Å². The van der Waals surface area contributed by atoms with Crippen LogP contribution in [0.15, 0.2) is 48.7 Å². The molecule has 0 spiro atoms. The van der Waals surface area contributed by atoms with E-state index in [2.05, 4.69) is 44.3 Å². The molecule has 318 valence electrons. The molecule has 8 rings (SSSR count). The molecule has 2 aromatic heterocycles. The first kappa shape index (κ1) is 41.2. The number of imidazole rings is 2. The van der Waals surface area contributed by atoms with Crippen molar-refractivity contribution in [2.75, 3.05) is 20.3 Å². The maximum Gasteiger partial charge on any atom is 0.407 e. The molecule has 0 saturated carbocycles. The Kier molecular flexibility index (Phi) is 11.3. The van der Waals surface area contributed by atoms with Gasteiger partial charge in [-0.05, 0) is 84.4 Å². The molecule has 3 aliphatic rings. The third-order valence-electron chi connectivity index (χ3n) is 12.7. The number of alkyl halides is 2. The van der Waals surface area contributed by atoms with E-state index in [1.165, 1.54) is 7.11 Å². The molecular weight excluding hydrogens is 773 g/mol. The van der Waals surface area contributed by atoms with Gasteiger partial charge < -0.3 is 39.3 Å². The van der Waals surface area contributed by atoms with Gasteiger partial charge in [-0.25, -0.2) is 14.8 Å². The third-order valence-corrected chi connectivity index (χ3v) is 12.7. The fourth-order valence-corrected chi connectivity index (χ4v) is 9.08. The Bertz CT molecular complexity index is 2430. The van der Waals surface area contributed by atoms with Crippen LogP contribution in [-0.2, 0) is 25.7 Å². The van der Waals surface area contributed by atoms with Crippen molar-refractivity contribution in [1.82, 2.24) is 35.1 Å². The summed E-state index contributed by atoms with van der Waals surface area (Å²) in [4.78, 5) is 59.9. The van der Waals surface area contributed by atoms with Crippen molar-refractivity contribution < 1.29 is 37.4 Å². The minimum Gasteiger partial charge on any atom is -0.488 e. The van der Waals surface area contributed by atoms with Crippen molar-refractivity contribution in [3.63, 3.8) is 0 Å². The number of benzene rings is 3. The number of halogens is 2. The van der Waals surface area contributed by atoms with Crippen LogP contribution in [0.25, 0.3) is 44.2 Å². The quantitative estimate of drug-likeness (QED) is 0.120. The van der Waals surface area contributed by atoms with Gasteiger partial charge in [-0.15, -0.1) is 0 Å². The second-order valence-electron chi connectivity index (χ2n) is 17.3. The van der Waals surface area contributed by atoms with E-state index in [-0.39, 0.29) is 54.2 Å². The lowest BCUT2D eigenvalue weighted by Gasteiger charge is -2.32. The Morgan fingerprint density at radius 1 is 0.950 bits per heavy atom. The van der Waals surface area contributed by atoms with E-state index in [1.54, 1.807) is 11.1 Å². The standard InChI is InChI=1S/C45H53F2N7O6/c1-22(2)25(6)42(55)53-19-26(20-60-44(46)47)14-36(53)41-49-33-12-10-27-16-32-30-11-9-28(15-29(30)21-59-37(32)17-31(27)39(33)51-41)34-18-48-40(50-34)35-13-8-24(5)54(35)43(56)38(23(3)4)52-45(57)58-7/h9-12,15-18,22-26,35-36,38,44H,8,13-14,19-21H2,1-7H3,(H,48,50)(H,49,51)(H,52,57)/t24-,25-,26-,35-,36-,38-/m0/s1. The zero-order valence-corrected chi connectivity index (χ0v) is 35.1. The number of aromatic amines is 2. The Balaban J connectivity index is 1.05. The molecule has 5 heterocycles. The molecule has 13 nitrogen and oxygen atoms in total. The van der Waals surface area contributed by atoms with Crippen LogP contribution in [0.2, 0.25) is 0 Å². The summed E-state index contributed by atoms with van der Waals surface area (Å²) >= 11 is 0. The first-order chi connectivity index (χ1) is 28.7. The third kappa shape index (κ3) is 7.67. The van der Waals surface area contributed by atoms with Crippen LogP contribution in [-0.4, -0.2) is 86.6 Å². The van der Waals surface area contributed by atoms with Gasteiger partial charge in [0.05, 0.1) is 48.7 Å². The molecule has 3 aromatic carbocycles. The number of hydrogen-bond donors (Lipinski definition) is 3. The van der Waals surface area contributed by atoms with Gasteiger partial charge in [0.1, 0.15) is 30.0 Å². The highest BCUT2D eigenvalue weighted by molar-refractivity contribution is 6.07. The summed E-state index contributed by atoms with van der Waals surface area (Å²) in [5.41, 5.74) is 6.36. The lowest BCUT2D eigenvalue weighted by molar-refractivity contribution is -0.140. The second-order valence-corrected chi connectivity index (χ2v) is 17.3. The largest absolute Gasteiger partial charge is 0.488 e. The molecule has 2 fully saturated rings. The molecule has 60 heavy (non-hydrogen) atoms. The van der Waals surface area contributed by atoms with Crippen molar-refractivity contribution in [3.05, 3.63) is 65.9 Å². The zero-order chi connectivity index (χ0) is 42.6. The van der Waals surface area contributed by atoms with E-state index >= 15 is 0 Å². The van der Waals surface area contributed by atoms with Crippen LogP contribution in [0.1, 0.15) is 90.1 Å². The minimum atomic E-state index is -2.87. The molecule has 3 N–H and O–H groups in total. The van der Waals surface area contributed by atoms with E-state index in [1.807, 2.05) is 64.6 Å². The highest BCUT2D eigenvalue weighted by Crippen LogP contribution is 2.44. The topological polar surface area (TPSA) is 155 Å². The monoisotopic (exact) mass is 825 g/mol. The van der Waals surface area contributed by atoms with E-state index in [0.717, 1.165) is 68.3 Å². The number of amides is 3. The fraction of sp³-hybridized carbons (Fsp3) is 0.489. The van der Waals surface area contributed by atoms with Crippen molar-refractivity contribution in [1.29, 1.82) is 0 Å². The predicted octanol–water partition coefficient (Wildman–Crippen LogP) is 8.52. The lowest BCUT2D eigenvalue weighted by Crippen LogP contribution is -2.52. The van der Waals surface area contributed by atoms with Gasteiger partial charge >= 0.3 is 12.7 Å². The van der Waals surface area contributed by atoms with Crippen LogP contribution in [0.4, 0.5) is 13.6 Å². The Morgan fingerprint density at radius 2 is 1.75 bits per heavy atom. The number of rotatable bonds is 11. The van der Waals surface area contributed by atoms with Crippen LogP contribution >= 0.6 is 0 Å². The number of carbonyl (C=O) groups excluding carboxylic acids is 3. The molecular formula is C45H53F2N7O6. The van der Waals surface area contributed by atoms with Crippen LogP contribution in [0.3, 0.4) is 0 Å². The molecule has 3 amide bonds. The van der Waals surface area contributed by atoms with Crippen LogP contribution < -0.4 is 10.1 Å². The van der Waals surface area contributed by atoms with Gasteiger partial charge in [0.25, 0.3) is 0 Å². The number of aromatic nitrogens is 4. The number of hydrogen-bond acceptors (Lipinski definition) is 8. The number of alkyl carbamates (subject to hydrolysis) is 1. The van der Waals surface area contributed by atoms with E-state index < -0.39 is 24.8 Å². The van der Waals surface area contributed by atoms with Crippen molar-refractivity contribution in [3.8, 4) is 28.1 Å². The van der Waals surface area contributed by atoms with Gasteiger partial charge in [-0.1, -0.05) is 52.8 Å². The Labute approximate surface area is 347 Å². The molecule has 0 bridgehead atoms. The van der Waals surface area contributed by atoms with Crippen LogP contribution in [0.5, 0.6) is 5.75 Å². The first-order valence-electron chi connectivity index (χ1n) is 20.9. The number of nitrogens with one attached hydrogen (secondary N) is 3. The predicted molar refractivity (Wildman–Crippen MR) is 222 cm³/mol. The Hall–Kier alpha value is -5.57. The van der Waals surface area contributed by atoms with E-state index in [9.17, 15) is 23.2 Å². The maximum absolute atomic E-state index is 13.9. The number of likely N-dealkylation sites (tertiary alicyclic amines) is 2. The summed E-state index contributed by atoms with van der Waals surface area (Å²) in [6.07, 6.45) is 3.18. The molecule has 2 saturated heterocycles. The van der Waals surface area contributed by atoms with Crippen molar-refractivity contribution in [2.45, 2.75) is 98.2 Å². The molecule has 0 unspecified atom stereocenters. The van der Waals surface area contributed by atoms with Crippen molar-refractivity contribution >= 4 is 39.7 Å². The van der Waals surface area contributed by atoms with E-state index in [0.29, 0.717) is 31.2 Å². The normalized spacial score (nSPS) is 21.1. The Morgan fingerprint density at radius 3 is 2.48 bits per heavy atom. The molecule has 0 aliphatic carbocycles. The smallest absolute Gasteiger partial charge is 0.407 e. The zero-order valence-electron chi connectivity index (χ0n) is 35.1. The number of methoxy groups -OCH3 is 1. The average Bonchev–Trinajstić information content (AvgIpc) is 4.05. The number of H-pyrrole nitrogens is 2. The summed E-state index contributed by atoms with van der Waals surface area (Å²) in [5, 5.41) is 4.63. The summed E-state index contributed by atoms with van der Waals surface area (Å²) in [6, 6.07) is 13.0. The SMILES string of the molecule is COC(=O)N[C@H](C(=O)N1[C@@H](C)CC[C@H]1c1ncc(-c2ccc3c(c2)COc2cc4c(ccc5nc([C@@H]6C[C@H](COC(F)F)CN6C(=O)[C@@H](C)C(C)C)[nH]c54)cc2-3)[nH]1)C(C)C. The molecule has 6 atom stereocenters. The fourth-order valence-electron chi connectivity index (χ4n) is 9.08. The molecule has 15 heteroatoms. The second kappa shape index (κ2) is 16.5. The highest BCUT2D eigenvalue weighted by Gasteiger charge is 2.42. The van der Waals surface area contributed by atoms with Gasteiger partial charge in [-0.2, -0.15) is 8.78 Å². The van der Waals surface area contributed by atoms with Gasteiger partial charge in [0, 0.05) is 35.4 Å². The summed E-state index contributed by atoms with van der Waals surface area (Å²) in [6.45, 7) is 9.40. The number of nitrogens with zero attached hydrogens (tertiary/aromatic N) is 4. The maximum atomic E-state index is 13.9. The number of fused-ring (bicyclic) bond motifs is 6. The van der Waals surface area contributed by atoms with Crippen LogP contribution in [0, 0.1) is 23.7 Å². The molecule has 3 aliphatic heterocycles. The first-order valence-corrected chi connectivity index (χ1v) is 20.9. The summed E-state index contributed by atoms with van der Waals surface area (Å²) in [5.74, 6) is 1.37. The van der Waals surface area contributed by atoms with Gasteiger partial charge in [0.2, 0.25) is 11.8 Å². The highest BCUT2D eigenvalue weighted by atomic mass is 19.3. The number of carbonyl (C=O) groups is 3. The van der Waals surface area contributed by atoms with E-state index in [4.69, 9.17) is 19.4 Å². The average molecular weight is 826 g/mol. The minimum absolute atomic E-state index is 0.0228. The summed E-state index contributed by atoms with van der Waals surface area (Å²) in [7, 11) is 1.29. The number of ether oxygens (including phenoxy) is 3. The molecule has 5 aromatic rings. The van der Waals surface area contributed by atoms with Gasteiger partial charge in [0.15, 0.2) is 0 Å². The summed E-state index contributed by atoms with van der Waals surface area (Å²) < 4.78 is 41.8. The van der Waals surface area contributed by atoms with Crippen molar-refractivity contribution in [2.24, 2.45) is 23.7 Å². The molecule has 0 radical (unpaired) electrons. The lowest BCUT2D eigenvalue weighted by atomic mass is 9.92.